The third-order valence-corrected chi connectivity index (χ3v) is 3.27. The van der Waals surface area contributed by atoms with Crippen molar-refractivity contribution < 1.29 is 9.13 Å². The van der Waals surface area contributed by atoms with Crippen LogP contribution in [-0.4, -0.2) is 10.5 Å². The molecule has 0 saturated carbocycles. The Morgan fingerprint density at radius 3 is 2.44 bits per heavy atom. The van der Waals surface area contributed by atoms with E-state index >= 15 is 0 Å². The molecule has 0 fully saturated rings. The first-order valence-electron chi connectivity index (χ1n) is 5.64. The predicted octanol–water partition coefficient (Wildman–Crippen LogP) is 4.51. The zero-order valence-electron chi connectivity index (χ0n) is 9.75. The van der Waals surface area contributed by atoms with Crippen LogP contribution in [0.25, 0.3) is 0 Å². The summed E-state index contributed by atoms with van der Waals surface area (Å²) in [7, 11) is 0. The quantitative estimate of drug-likeness (QED) is 0.549. The minimum absolute atomic E-state index is 0.0720. The van der Waals surface area contributed by atoms with Gasteiger partial charge in [-0.3, -0.25) is 0 Å². The molecule has 1 nitrogen and oxygen atoms in total. The number of ether oxygens (including phenoxy) is 1. The summed E-state index contributed by atoms with van der Waals surface area (Å²) in [5, 5.41) is 0. The lowest BCUT2D eigenvalue weighted by atomic mass is 10.1. The second kappa shape index (κ2) is 7.22. The second-order valence-corrected chi connectivity index (χ2v) is 4.81. The maximum atomic E-state index is 12.8. The smallest absolute Gasteiger partial charge is 0.123 e. The third kappa shape index (κ3) is 4.37. The lowest BCUT2D eigenvalue weighted by Crippen LogP contribution is -2.14. The van der Waals surface area contributed by atoms with Gasteiger partial charge in [0.15, 0.2) is 0 Å². The van der Waals surface area contributed by atoms with E-state index in [0.29, 0.717) is 0 Å². The highest BCUT2D eigenvalue weighted by Crippen LogP contribution is 2.23. The summed E-state index contributed by atoms with van der Waals surface area (Å²) < 4.78 is 19.6. The Labute approximate surface area is 111 Å². The van der Waals surface area contributed by atoms with E-state index in [1.807, 2.05) is 0 Å². The van der Waals surface area contributed by atoms with Gasteiger partial charge in [0.25, 0.3) is 0 Å². The summed E-state index contributed by atoms with van der Waals surface area (Å²) in [5.41, 5.74) is 1.05. The zero-order chi connectivity index (χ0) is 12.0. The SMILES string of the molecule is CCCC(C)OC(CI)c1ccc(F)cc1. The number of alkyl halides is 1. The number of hydrogen-bond donors (Lipinski definition) is 0. The molecule has 0 saturated heterocycles. The molecule has 0 aliphatic carbocycles. The van der Waals surface area contributed by atoms with Gasteiger partial charge in [0.1, 0.15) is 5.82 Å². The fourth-order valence-electron chi connectivity index (χ4n) is 1.64. The first kappa shape index (κ1) is 13.9. The molecule has 0 aliphatic heterocycles. The Kier molecular flexibility index (Phi) is 6.28. The monoisotopic (exact) mass is 336 g/mol. The number of benzene rings is 1. The molecule has 0 radical (unpaired) electrons. The van der Waals surface area contributed by atoms with Crippen molar-refractivity contribution >= 4 is 22.6 Å². The highest BCUT2D eigenvalue weighted by molar-refractivity contribution is 14.1. The molecule has 1 aromatic rings. The van der Waals surface area contributed by atoms with E-state index in [9.17, 15) is 4.39 Å². The molecule has 0 heterocycles. The van der Waals surface area contributed by atoms with Crippen molar-refractivity contribution in [2.45, 2.75) is 38.9 Å². The molecule has 0 amide bonds. The molecular weight excluding hydrogens is 318 g/mol. The van der Waals surface area contributed by atoms with Crippen molar-refractivity contribution in [3.05, 3.63) is 35.6 Å². The largest absolute Gasteiger partial charge is 0.370 e. The predicted molar refractivity (Wildman–Crippen MR) is 73.5 cm³/mol. The Balaban J connectivity index is 2.63. The van der Waals surface area contributed by atoms with Crippen molar-refractivity contribution in [1.29, 1.82) is 0 Å². The summed E-state index contributed by atoms with van der Waals surface area (Å²) >= 11 is 2.30. The van der Waals surface area contributed by atoms with Gasteiger partial charge >= 0.3 is 0 Å². The summed E-state index contributed by atoms with van der Waals surface area (Å²) in [4.78, 5) is 0. The molecule has 2 atom stereocenters. The first-order chi connectivity index (χ1) is 7.67. The van der Waals surface area contributed by atoms with Crippen LogP contribution in [0.4, 0.5) is 4.39 Å². The second-order valence-electron chi connectivity index (χ2n) is 3.93. The molecule has 0 bridgehead atoms. The van der Waals surface area contributed by atoms with Crippen molar-refractivity contribution in [1.82, 2.24) is 0 Å². The number of hydrogen-bond acceptors (Lipinski definition) is 1. The Bertz CT molecular complexity index is 299. The molecule has 90 valence electrons. The lowest BCUT2D eigenvalue weighted by Gasteiger charge is -2.21. The molecule has 2 unspecified atom stereocenters. The number of rotatable bonds is 6. The molecule has 3 heteroatoms. The van der Waals surface area contributed by atoms with E-state index in [-0.39, 0.29) is 18.0 Å². The van der Waals surface area contributed by atoms with Gasteiger partial charge in [-0.05, 0) is 31.0 Å². The fourth-order valence-corrected chi connectivity index (χ4v) is 2.35. The van der Waals surface area contributed by atoms with E-state index in [2.05, 4.69) is 36.4 Å². The average Bonchev–Trinajstić information content (AvgIpc) is 2.27. The first-order valence-corrected chi connectivity index (χ1v) is 7.16. The maximum absolute atomic E-state index is 12.8. The topological polar surface area (TPSA) is 9.23 Å². The van der Waals surface area contributed by atoms with Crippen LogP contribution in [0.1, 0.15) is 38.4 Å². The van der Waals surface area contributed by atoms with E-state index in [4.69, 9.17) is 4.74 Å². The van der Waals surface area contributed by atoms with E-state index in [0.717, 1.165) is 22.8 Å². The van der Waals surface area contributed by atoms with Crippen LogP contribution < -0.4 is 0 Å². The van der Waals surface area contributed by atoms with Crippen LogP contribution in [0.5, 0.6) is 0 Å². The van der Waals surface area contributed by atoms with Gasteiger partial charge in [-0.15, -0.1) is 0 Å². The van der Waals surface area contributed by atoms with Gasteiger partial charge in [-0.1, -0.05) is 48.1 Å². The van der Waals surface area contributed by atoms with Crippen molar-refractivity contribution in [2.75, 3.05) is 4.43 Å². The highest BCUT2D eigenvalue weighted by atomic mass is 127. The minimum atomic E-state index is -0.197. The molecule has 16 heavy (non-hydrogen) atoms. The maximum Gasteiger partial charge on any atom is 0.123 e. The van der Waals surface area contributed by atoms with Crippen molar-refractivity contribution in [3.8, 4) is 0 Å². The Morgan fingerprint density at radius 2 is 1.94 bits per heavy atom. The average molecular weight is 336 g/mol. The van der Waals surface area contributed by atoms with Crippen molar-refractivity contribution in [3.63, 3.8) is 0 Å². The minimum Gasteiger partial charge on any atom is -0.370 e. The molecule has 0 aromatic heterocycles. The lowest BCUT2D eigenvalue weighted by molar-refractivity contribution is 0.00678. The third-order valence-electron chi connectivity index (χ3n) is 2.47. The Hall–Kier alpha value is -0.160. The van der Waals surface area contributed by atoms with Crippen LogP contribution in [0.3, 0.4) is 0 Å². The highest BCUT2D eigenvalue weighted by Gasteiger charge is 2.13. The zero-order valence-corrected chi connectivity index (χ0v) is 11.9. The van der Waals surface area contributed by atoms with Crippen LogP contribution >= 0.6 is 22.6 Å². The molecular formula is C13H18FIO. The van der Waals surface area contributed by atoms with E-state index in [1.165, 1.54) is 12.1 Å². The van der Waals surface area contributed by atoms with Crippen LogP contribution in [0.15, 0.2) is 24.3 Å². The number of halogens is 2. The molecule has 1 rings (SSSR count). The Morgan fingerprint density at radius 1 is 1.31 bits per heavy atom. The standard InChI is InChI=1S/C13H18FIO/c1-3-4-10(2)16-13(9-15)11-5-7-12(14)8-6-11/h5-8,10,13H,3-4,9H2,1-2H3. The van der Waals surface area contributed by atoms with Gasteiger partial charge in [-0.2, -0.15) is 0 Å². The van der Waals surface area contributed by atoms with E-state index in [1.54, 1.807) is 12.1 Å². The summed E-state index contributed by atoms with van der Waals surface area (Å²) in [6.07, 6.45) is 2.52. The van der Waals surface area contributed by atoms with Gasteiger partial charge in [0.2, 0.25) is 0 Å². The van der Waals surface area contributed by atoms with Gasteiger partial charge in [-0.25, -0.2) is 4.39 Å². The summed E-state index contributed by atoms with van der Waals surface area (Å²) in [6, 6.07) is 6.58. The molecule has 0 N–H and O–H groups in total. The van der Waals surface area contributed by atoms with Gasteiger partial charge in [0, 0.05) is 4.43 Å². The van der Waals surface area contributed by atoms with Gasteiger partial charge < -0.3 is 4.74 Å². The summed E-state index contributed by atoms with van der Waals surface area (Å²) in [5.74, 6) is -0.197. The molecule has 0 spiro atoms. The van der Waals surface area contributed by atoms with Crippen LogP contribution in [-0.2, 0) is 4.74 Å². The normalized spacial score (nSPS) is 14.8. The van der Waals surface area contributed by atoms with Crippen molar-refractivity contribution in [2.24, 2.45) is 0 Å². The molecule has 0 aliphatic rings. The molecule has 1 aromatic carbocycles. The van der Waals surface area contributed by atoms with Crippen LogP contribution in [0, 0.1) is 5.82 Å². The van der Waals surface area contributed by atoms with Gasteiger partial charge in [0.05, 0.1) is 12.2 Å². The fraction of sp³-hybridized carbons (Fsp3) is 0.538. The summed E-state index contributed by atoms with van der Waals surface area (Å²) in [6.45, 7) is 4.24. The van der Waals surface area contributed by atoms with Crippen LogP contribution in [0.2, 0.25) is 0 Å². The van der Waals surface area contributed by atoms with E-state index < -0.39 is 0 Å².